The molecule has 1 rings (SSSR count). The van der Waals surface area contributed by atoms with E-state index in [1.807, 2.05) is 24.3 Å². The summed E-state index contributed by atoms with van der Waals surface area (Å²) in [6.07, 6.45) is 7.25. The summed E-state index contributed by atoms with van der Waals surface area (Å²) >= 11 is 2.28. The zero-order valence-corrected chi connectivity index (χ0v) is 8.43. The van der Waals surface area contributed by atoms with E-state index in [1.165, 1.54) is 7.11 Å². The van der Waals surface area contributed by atoms with Gasteiger partial charge in [-0.25, -0.2) is 0 Å². The lowest BCUT2D eigenvalue weighted by Crippen LogP contribution is -2.27. The molecule has 11 heavy (non-hydrogen) atoms. The molecule has 1 aliphatic rings. The van der Waals surface area contributed by atoms with Crippen LogP contribution in [0.2, 0.25) is 0 Å². The van der Waals surface area contributed by atoms with Gasteiger partial charge >= 0.3 is 0 Å². The lowest BCUT2D eigenvalue weighted by Gasteiger charge is -2.22. The monoisotopic (exact) mass is 266 g/mol. The summed E-state index contributed by atoms with van der Waals surface area (Å²) < 4.78 is 5.15. The molecule has 2 nitrogen and oxygen atoms in total. The molecule has 62 valence electrons. The van der Waals surface area contributed by atoms with Gasteiger partial charge < -0.3 is 9.84 Å². The molecule has 0 bridgehead atoms. The molecule has 3 atom stereocenters. The molecule has 0 fully saturated rings. The standard InChI is InChI=1S/C8H11IO2/c1-11-8(10)6-4-2-3-5-7(6)9/h2-8,10H,1H3. The number of rotatable bonds is 2. The second-order valence-electron chi connectivity index (χ2n) is 2.42. The van der Waals surface area contributed by atoms with Gasteiger partial charge in [0.25, 0.3) is 0 Å². The van der Waals surface area contributed by atoms with Gasteiger partial charge in [0.15, 0.2) is 6.29 Å². The number of hydrogen-bond acceptors (Lipinski definition) is 2. The third-order valence-electron chi connectivity index (χ3n) is 1.68. The maximum atomic E-state index is 9.34. The Morgan fingerprint density at radius 2 is 2.09 bits per heavy atom. The van der Waals surface area contributed by atoms with Gasteiger partial charge in [0.2, 0.25) is 0 Å². The molecular weight excluding hydrogens is 255 g/mol. The Morgan fingerprint density at radius 1 is 1.45 bits per heavy atom. The highest BCUT2D eigenvalue weighted by atomic mass is 127. The van der Waals surface area contributed by atoms with Gasteiger partial charge in [-0.3, -0.25) is 0 Å². The lowest BCUT2D eigenvalue weighted by atomic mass is 10.0. The van der Waals surface area contributed by atoms with Crippen molar-refractivity contribution in [2.45, 2.75) is 10.2 Å². The predicted octanol–water partition coefficient (Wildman–Crippen LogP) is 1.50. The lowest BCUT2D eigenvalue weighted by molar-refractivity contribution is -0.0976. The largest absolute Gasteiger partial charge is 0.367 e. The Labute approximate surface area is 80.1 Å². The molecule has 0 saturated carbocycles. The van der Waals surface area contributed by atoms with Crippen molar-refractivity contribution >= 4 is 22.6 Å². The van der Waals surface area contributed by atoms with Gasteiger partial charge in [0.05, 0.1) is 0 Å². The zero-order valence-electron chi connectivity index (χ0n) is 6.27. The summed E-state index contributed by atoms with van der Waals surface area (Å²) in [6, 6.07) is 0. The molecule has 0 aromatic heterocycles. The Morgan fingerprint density at radius 3 is 2.64 bits per heavy atom. The smallest absolute Gasteiger partial charge is 0.161 e. The Bertz CT molecular complexity index is 177. The number of methoxy groups -OCH3 is 1. The van der Waals surface area contributed by atoms with Gasteiger partial charge in [-0.2, -0.15) is 0 Å². The van der Waals surface area contributed by atoms with Crippen molar-refractivity contribution in [1.82, 2.24) is 0 Å². The summed E-state index contributed by atoms with van der Waals surface area (Å²) in [4.78, 5) is 0. The fourth-order valence-corrected chi connectivity index (χ4v) is 1.84. The van der Waals surface area contributed by atoms with Crippen molar-refractivity contribution in [2.24, 2.45) is 5.92 Å². The fraction of sp³-hybridized carbons (Fsp3) is 0.500. The summed E-state index contributed by atoms with van der Waals surface area (Å²) in [5.41, 5.74) is 0. The van der Waals surface area contributed by atoms with E-state index in [-0.39, 0.29) is 5.92 Å². The van der Waals surface area contributed by atoms with E-state index in [4.69, 9.17) is 4.74 Å². The minimum absolute atomic E-state index is 0.0885. The summed E-state index contributed by atoms with van der Waals surface area (Å²) in [7, 11) is 1.51. The van der Waals surface area contributed by atoms with Crippen molar-refractivity contribution in [3.05, 3.63) is 24.3 Å². The quantitative estimate of drug-likeness (QED) is 0.466. The van der Waals surface area contributed by atoms with Crippen LogP contribution < -0.4 is 0 Å². The van der Waals surface area contributed by atoms with E-state index in [0.717, 1.165) is 0 Å². The summed E-state index contributed by atoms with van der Waals surface area (Å²) in [5, 5.41) is 9.34. The highest BCUT2D eigenvalue weighted by Gasteiger charge is 2.23. The third-order valence-corrected chi connectivity index (χ3v) is 2.92. The van der Waals surface area contributed by atoms with E-state index in [9.17, 15) is 5.11 Å². The second-order valence-corrected chi connectivity index (χ2v) is 3.86. The van der Waals surface area contributed by atoms with E-state index in [1.54, 1.807) is 0 Å². The molecule has 0 radical (unpaired) electrons. The van der Waals surface area contributed by atoms with Crippen LogP contribution in [0.1, 0.15) is 0 Å². The van der Waals surface area contributed by atoms with Gasteiger partial charge in [0, 0.05) is 17.0 Å². The molecule has 1 N–H and O–H groups in total. The van der Waals surface area contributed by atoms with E-state index in [0.29, 0.717) is 3.92 Å². The fourth-order valence-electron chi connectivity index (χ4n) is 1.01. The maximum absolute atomic E-state index is 9.34. The third kappa shape index (κ3) is 2.28. The minimum Gasteiger partial charge on any atom is -0.367 e. The van der Waals surface area contributed by atoms with Crippen LogP contribution in [0.25, 0.3) is 0 Å². The number of alkyl halides is 1. The van der Waals surface area contributed by atoms with Crippen molar-refractivity contribution in [1.29, 1.82) is 0 Å². The Hall–Kier alpha value is 0.130. The number of allylic oxidation sites excluding steroid dienone is 3. The number of aliphatic hydroxyl groups excluding tert-OH is 1. The Kier molecular flexibility index (Phi) is 3.54. The first-order valence-corrected chi connectivity index (χ1v) is 4.70. The second kappa shape index (κ2) is 4.23. The number of hydrogen-bond donors (Lipinski definition) is 1. The van der Waals surface area contributed by atoms with Gasteiger partial charge in [-0.1, -0.05) is 46.9 Å². The molecule has 3 unspecified atom stereocenters. The van der Waals surface area contributed by atoms with Crippen LogP contribution in [-0.2, 0) is 4.74 Å². The first kappa shape index (κ1) is 9.22. The highest BCUT2D eigenvalue weighted by molar-refractivity contribution is 14.1. The van der Waals surface area contributed by atoms with Crippen molar-refractivity contribution in [2.75, 3.05) is 7.11 Å². The topological polar surface area (TPSA) is 29.5 Å². The molecular formula is C8H11IO2. The molecule has 1 aliphatic carbocycles. The van der Waals surface area contributed by atoms with Gasteiger partial charge in [-0.15, -0.1) is 0 Å². The normalized spacial score (nSPS) is 32.3. The average molecular weight is 266 g/mol. The van der Waals surface area contributed by atoms with Gasteiger partial charge in [0.1, 0.15) is 0 Å². The highest BCUT2D eigenvalue weighted by Crippen LogP contribution is 2.23. The van der Waals surface area contributed by atoms with Crippen molar-refractivity contribution in [3.8, 4) is 0 Å². The summed E-state index contributed by atoms with van der Waals surface area (Å²) in [5.74, 6) is 0.0885. The van der Waals surface area contributed by atoms with E-state index in [2.05, 4.69) is 22.6 Å². The molecule has 0 aromatic carbocycles. The van der Waals surface area contributed by atoms with Crippen LogP contribution in [0.5, 0.6) is 0 Å². The summed E-state index contributed by atoms with van der Waals surface area (Å²) in [6.45, 7) is 0. The molecule has 0 aliphatic heterocycles. The molecule has 0 saturated heterocycles. The molecule has 0 amide bonds. The first-order valence-electron chi connectivity index (χ1n) is 3.45. The first-order chi connectivity index (χ1) is 5.25. The number of aliphatic hydroxyl groups is 1. The van der Waals surface area contributed by atoms with Crippen molar-refractivity contribution in [3.63, 3.8) is 0 Å². The van der Waals surface area contributed by atoms with Crippen LogP contribution in [0.3, 0.4) is 0 Å². The molecule has 0 spiro atoms. The molecule has 0 heterocycles. The maximum Gasteiger partial charge on any atom is 0.161 e. The van der Waals surface area contributed by atoms with E-state index >= 15 is 0 Å². The van der Waals surface area contributed by atoms with Crippen molar-refractivity contribution < 1.29 is 9.84 Å². The van der Waals surface area contributed by atoms with Crippen LogP contribution >= 0.6 is 22.6 Å². The molecule has 3 heteroatoms. The zero-order chi connectivity index (χ0) is 8.27. The predicted molar refractivity (Wildman–Crippen MR) is 52.6 cm³/mol. The number of halogens is 1. The van der Waals surface area contributed by atoms with E-state index < -0.39 is 6.29 Å². The average Bonchev–Trinajstić information content (AvgIpc) is 2.04. The molecule has 0 aromatic rings. The Balaban J connectivity index is 2.58. The van der Waals surface area contributed by atoms with Crippen LogP contribution in [0.4, 0.5) is 0 Å². The van der Waals surface area contributed by atoms with Crippen LogP contribution in [-0.4, -0.2) is 22.4 Å². The SMILES string of the molecule is COC(O)C1C=CC=CC1I. The van der Waals surface area contributed by atoms with Crippen LogP contribution in [0.15, 0.2) is 24.3 Å². The minimum atomic E-state index is -0.682. The number of ether oxygens (including phenoxy) is 1. The van der Waals surface area contributed by atoms with Crippen LogP contribution in [0, 0.1) is 5.92 Å². The van der Waals surface area contributed by atoms with Gasteiger partial charge in [-0.05, 0) is 0 Å².